The number of allylic oxidation sites excluding steroid dienone is 14. The van der Waals surface area contributed by atoms with E-state index in [4.69, 9.17) is 14.2 Å². The highest BCUT2D eigenvalue weighted by atomic mass is 16.6. The summed E-state index contributed by atoms with van der Waals surface area (Å²) in [5.41, 5.74) is 0. The van der Waals surface area contributed by atoms with E-state index in [1.807, 2.05) is 0 Å². The van der Waals surface area contributed by atoms with Crippen LogP contribution < -0.4 is 0 Å². The van der Waals surface area contributed by atoms with Crippen LogP contribution in [0.1, 0.15) is 329 Å². The van der Waals surface area contributed by atoms with Gasteiger partial charge in [0.2, 0.25) is 0 Å². The fourth-order valence-corrected chi connectivity index (χ4v) is 9.33. The van der Waals surface area contributed by atoms with Gasteiger partial charge in [-0.3, -0.25) is 14.4 Å². The van der Waals surface area contributed by atoms with E-state index in [0.717, 1.165) is 89.9 Å². The van der Waals surface area contributed by atoms with E-state index in [1.54, 1.807) is 0 Å². The van der Waals surface area contributed by atoms with Crippen LogP contribution >= 0.6 is 0 Å². The first-order chi connectivity index (χ1) is 38.0. The van der Waals surface area contributed by atoms with Gasteiger partial charge in [0.15, 0.2) is 6.10 Å². The van der Waals surface area contributed by atoms with Crippen LogP contribution in [0.2, 0.25) is 0 Å². The molecule has 0 fully saturated rings. The first kappa shape index (κ1) is 73.6. The molecular weight excluding hydrogens is 949 g/mol. The Morgan fingerprint density at radius 3 is 0.753 bits per heavy atom. The first-order valence-electron chi connectivity index (χ1n) is 33.1. The molecule has 0 heterocycles. The number of unbranched alkanes of at least 4 members (excludes halogenated alkanes) is 35. The predicted molar refractivity (Wildman–Crippen MR) is 334 cm³/mol. The molecule has 0 saturated carbocycles. The maximum atomic E-state index is 12.9. The molecule has 0 aromatic carbocycles. The number of carbonyl (C=O) groups is 3. The molecule has 6 heteroatoms. The van der Waals surface area contributed by atoms with Crippen molar-refractivity contribution in [3.8, 4) is 0 Å². The molecule has 0 amide bonds. The SMILES string of the molecule is CCCCC/C=C\C/C=C\CCCCCCCCCCCC(=O)OCC(COC(=O)CCCCCCCC/C=C\C/C=C\C/C=C\CCCCCCC)OC(=O)CCCCCCCCCCC/C=C\C/C=C\CCCCC. The standard InChI is InChI=1S/C71H124O6/c1-4-7-10-13-16-19-22-25-28-31-34-35-38-40-43-46-49-52-55-58-61-64-70(73)76-67-68(77-71(74)65-62-59-56-53-50-47-44-41-37-33-30-27-24-21-18-15-12-9-6-3)66-75-69(72)63-60-57-54-51-48-45-42-39-36-32-29-26-23-20-17-14-11-8-5-2/h17-18,20-22,25-27,29-31,34,38,40,68H,4-16,19,23-24,28,32-33,35-37,39,41-67H2,1-3H3/b20-17-,21-18-,25-22-,29-26-,30-27-,34-31-,40-38-. The Balaban J connectivity index is 4.41. The Kier molecular flexibility index (Phi) is 62.2. The van der Waals surface area contributed by atoms with Gasteiger partial charge in [0.25, 0.3) is 0 Å². The summed E-state index contributed by atoms with van der Waals surface area (Å²) in [6.45, 7) is 6.60. The topological polar surface area (TPSA) is 78.9 Å². The van der Waals surface area contributed by atoms with Crippen LogP contribution in [-0.2, 0) is 28.6 Å². The Labute approximate surface area is 477 Å². The summed E-state index contributed by atoms with van der Waals surface area (Å²) in [4.78, 5) is 38.4. The number of esters is 3. The molecule has 0 aromatic heterocycles. The molecule has 1 atom stereocenters. The van der Waals surface area contributed by atoms with E-state index in [0.29, 0.717) is 19.3 Å². The zero-order valence-electron chi connectivity index (χ0n) is 51.0. The van der Waals surface area contributed by atoms with Gasteiger partial charge in [0.05, 0.1) is 0 Å². The lowest BCUT2D eigenvalue weighted by Gasteiger charge is -2.18. The second-order valence-corrected chi connectivity index (χ2v) is 22.0. The molecule has 444 valence electrons. The first-order valence-corrected chi connectivity index (χ1v) is 33.1. The van der Waals surface area contributed by atoms with Crippen LogP contribution in [0.25, 0.3) is 0 Å². The zero-order valence-corrected chi connectivity index (χ0v) is 51.0. The minimum absolute atomic E-state index is 0.0838. The molecule has 0 aliphatic heterocycles. The zero-order chi connectivity index (χ0) is 55.7. The number of hydrogen-bond donors (Lipinski definition) is 0. The van der Waals surface area contributed by atoms with Crippen molar-refractivity contribution in [1.29, 1.82) is 0 Å². The fraction of sp³-hybridized carbons (Fsp3) is 0.761. The summed E-state index contributed by atoms with van der Waals surface area (Å²) < 4.78 is 17.0. The van der Waals surface area contributed by atoms with Crippen molar-refractivity contribution in [3.05, 3.63) is 85.1 Å². The maximum Gasteiger partial charge on any atom is 0.306 e. The van der Waals surface area contributed by atoms with E-state index >= 15 is 0 Å². The van der Waals surface area contributed by atoms with Crippen molar-refractivity contribution in [3.63, 3.8) is 0 Å². The van der Waals surface area contributed by atoms with E-state index in [9.17, 15) is 14.4 Å². The van der Waals surface area contributed by atoms with Gasteiger partial charge in [0.1, 0.15) is 13.2 Å². The normalized spacial score (nSPS) is 12.6. The second-order valence-electron chi connectivity index (χ2n) is 22.0. The fourth-order valence-electron chi connectivity index (χ4n) is 9.33. The van der Waals surface area contributed by atoms with Crippen molar-refractivity contribution >= 4 is 17.9 Å². The summed E-state index contributed by atoms with van der Waals surface area (Å²) in [5.74, 6) is -0.891. The molecule has 0 saturated heterocycles. The van der Waals surface area contributed by atoms with Gasteiger partial charge in [-0.15, -0.1) is 0 Å². The molecule has 1 unspecified atom stereocenters. The third-order valence-corrected chi connectivity index (χ3v) is 14.3. The van der Waals surface area contributed by atoms with Crippen LogP contribution in [-0.4, -0.2) is 37.2 Å². The van der Waals surface area contributed by atoms with Crippen molar-refractivity contribution in [1.82, 2.24) is 0 Å². The highest BCUT2D eigenvalue weighted by molar-refractivity contribution is 5.71. The Bertz CT molecular complexity index is 1470. The second kappa shape index (κ2) is 65.1. The van der Waals surface area contributed by atoms with Crippen LogP contribution in [0, 0.1) is 0 Å². The van der Waals surface area contributed by atoms with Gasteiger partial charge in [-0.2, -0.15) is 0 Å². The van der Waals surface area contributed by atoms with Crippen molar-refractivity contribution in [2.75, 3.05) is 13.2 Å². The lowest BCUT2D eigenvalue weighted by atomic mass is 10.1. The largest absolute Gasteiger partial charge is 0.462 e. The van der Waals surface area contributed by atoms with Crippen LogP contribution in [0.4, 0.5) is 0 Å². The van der Waals surface area contributed by atoms with Gasteiger partial charge in [0, 0.05) is 19.3 Å². The lowest BCUT2D eigenvalue weighted by molar-refractivity contribution is -0.167. The lowest BCUT2D eigenvalue weighted by Crippen LogP contribution is -2.30. The average Bonchev–Trinajstić information content (AvgIpc) is 3.43. The molecule has 0 aliphatic rings. The van der Waals surface area contributed by atoms with Crippen molar-refractivity contribution in [2.45, 2.75) is 335 Å². The van der Waals surface area contributed by atoms with Crippen molar-refractivity contribution in [2.24, 2.45) is 0 Å². The number of carbonyl (C=O) groups excluding carboxylic acids is 3. The van der Waals surface area contributed by atoms with Crippen LogP contribution in [0.15, 0.2) is 85.1 Å². The predicted octanol–water partition coefficient (Wildman–Crippen LogP) is 22.7. The Morgan fingerprint density at radius 2 is 0.468 bits per heavy atom. The van der Waals surface area contributed by atoms with Crippen molar-refractivity contribution < 1.29 is 28.6 Å². The average molecular weight is 1070 g/mol. The summed E-state index contributed by atoms with van der Waals surface area (Å²) in [6.07, 6.45) is 85.8. The van der Waals surface area contributed by atoms with Crippen LogP contribution in [0.3, 0.4) is 0 Å². The monoisotopic (exact) mass is 1070 g/mol. The molecule has 6 nitrogen and oxygen atoms in total. The molecule has 0 N–H and O–H groups in total. The number of ether oxygens (including phenoxy) is 3. The Morgan fingerprint density at radius 1 is 0.260 bits per heavy atom. The molecule has 0 bridgehead atoms. The quantitative estimate of drug-likeness (QED) is 0.0261. The van der Waals surface area contributed by atoms with Gasteiger partial charge in [-0.1, -0.05) is 273 Å². The summed E-state index contributed by atoms with van der Waals surface area (Å²) >= 11 is 0. The highest BCUT2D eigenvalue weighted by Crippen LogP contribution is 2.16. The number of rotatable bonds is 60. The van der Waals surface area contributed by atoms with Gasteiger partial charge in [-0.05, 0) is 122 Å². The van der Waals surface area contributed by atoms with E-state index in [-0.39, 0.29) is 31.1 Å². The number of hydrogen-bond acceptors (Lipinski definition) is 6. The Hall–Kier alpha value is -3.41. The van der Waals surface area contributed by atoms with E-state index < -0.39 is 6.10 Å². The molecule has 0 spiro atoms. The summed E-state index contributed by atoms with van der Waals surface area (Å²) in [5, 5.41) is 0. The smallest absolute Gasteiger partial charge is 0.306 e. The molecule has 0 aliphatic carbocycles. The maximum absolute atomic E-state index is 12.9. The molecule has 77 heavy (non-hydrogen) atoms. The van der Waals surface area contributed by atoms with Gasteiger partial charge in [-0.25, -0.2) is 0 Å². The third kappa shape index (κ3) is 63.3. The minimum atomic E-state index is -0.789. The van der Waals surface area contributed by atoms with Crippen LogP contribution in [0.5, 0.6) is 0 Å². The minimum Gasteiger partial charge on any atom is -0.462 e. The van der Waals surface area contributed by atoms with Gasteiger partial charge < -0.3 is 14.2 Å². The molecule has 0 radical (unpaired) electrons. The van der Waals surface area contributed by atoms with E-state index in [2.05, 4.69) is 106 Å². The highest BCUT2D eigenvalue weighted by Gasteiger charge is 2.19. The third-order valence-electron chi connectivity index (χ3n) is 14.3. The molecule has 0 aromatic rings. The van der Waals surface area contributed by atoms with E-state index in [1.165, 1.54) is 199 Å². The molecular formula is C71H124O6. The molecule has 0 rings (SSSR count). The summed E-state index contributed by atoms with van der Waals surface area (Å²) in [6, 6.07) is 0. The van der Waals surface area contributed by atoms with Gasteiger partial charge >= 0.3 is 17.9 Å². The summed E-state index contributed by atoms with van der Waals surface area (Å²) in [7, 11) is 0.